The van der Waals surface area contributed by atoms with Crippen molar-refractivity contribution in [2.24, 2.45) is 0 Å². The third kappa shape index (κ3) is 5.10. The van der Waals surface area contributed by atoms with Gasteiger partial charge in [-0.2, -0.15) is 9.61 Å². The predicted molar refractivity (Wildman–Crippen MR) is 119 cm³/mol. The molecule has 8 heteroatoms. The van der Waals surface area contributed by atoms with Crippen LogP contribution in [-0.2, 0) is 12.8 Å². The molecule has 4 rings (SSSR count). The van der Waals surface area contributed by atoms with Crippen LogP contribution in [0.4, 0.5) is 0 Å². The first-order valence-electron chi connectivity index (χ1n) is 8.39. The molecule has 0 saturated carbocycles. The number of aromatic nitrogens is 4. The van der Waals surface area contributed by atoms with Crippen molar-refractivity contribution < 1.29 is 4.74 Å². The van der Waals surface area contributed by atoms with E-state index in [-0.39, 0.29) is 24.8 Å². The highest BCUT2D eigenvalue weighted by Gasteiger charge is 2.10. The van der Waals surface area contributed by atoms with E-state index in [0.29, 0.717) is 0 Å². The maximum Gasteiger partial charge on any atom is 0.234 e. The number of nitrogens with zero attached hydrogens (tertiary/aromatic N) is 4. The minimum atomic E-state index is 0. The van der Waals surface area contributed by atoms with Gasteiger partial charge in [0.25, 0.3) is 0 Å². The molecule has 5 nitrogen and oxygen atoms in total. The number of hydrogen-bond donors (Lipinski definition) is 0. The summed E-state index contributed by atoms with van der Waals surface area (Å²) in [6, 6.07) is 18.3. The van der Waals surface area contributed by atoms with Gasteiger partial charge in [-0.3, -0.25) is 0 Å². The smallest absolute Gasteiger partial charge is 0.234 e. The maximum atomic E-state index is 5.18. The van der Waals surface area contributed by atoms with Crippen molar-refractivity contribution in [3.8, 4) is 5.75 Å². The van der Waals surface area contributed by atoms with Crippen molar-refractivity contribution in [2.45, 2.75) is 12.8 Å². The lowest BCUT2D eigenvalue weighted by Crippen LogP contribution is -1.99. The highest BCUT2D eigenvalue weighted by molar-refractivity contribution is 7.17. The number of methoxy groups -OCH3 is 1. The Labute approximate surface area is 179 Å². The monoisotopic (exact) mass is 434 g/mol. The van der Waals surface area contributed by atoms with Crippen molar-refractivity contribution in [3.05, 3.63) is 76.6 Å². The van der Waals surface area contributed by atoms with Crippen molar-refractivity contribution in [1.82, 2.24) is 19.8 Å². The molecule has 28 heavy (non-hydrogen) atoms. The summed E-state index contributed by atoms with van der Waals surface area (Å²) in [6.07, 6.45) is 5.78. The van der Waals surface area contributed by atoms with Crippen LogP contribution in [0.5, 0.6) is 5.75 Å². The van der Waals surface area contributed by atoms with Gasteiger partial charge in [-0.15, -0.1) is 35.0 Å². The molecule has 0 atom stereocenters. The number of ether oxygens (including phenoxy) is 1. The quantitative estimate of drug-likeness (QED) is 0.428. The fraction of sp³-hybridized carbons (Fsp3) is 0.150. The Balaban J connectivity index is 0.00000140. The van der Waals surface area contributed by atoms with E-state index in [0.717, 1.165) is 39.9 Å². The molecule has 0 unspecified atom stereocenters. The third-order valence-corrected chi connectivity index (χ3v) is 4.95. The summed E-state index contributed by atoms with van der Waals surface area (Å²) in [6.45, 7) is 0. The van der Waals surface area contributed by atoms with Crippen molar-refractivity contribution >= 4 is 53.3 Å². The van der Waals surface area contributed by atoms with Crippen LogP contribution in [0, 0.1) is 0 Å². The molecule has 0 aliphatic rings. The van der Waals surface area contributed by atoms with E-state index in [1.165, 1.54) is 16.9 Å². The minimum Gasteiger partial charge on any atom is -0.497 e. The average Bonchev–Trinajstić information content (AvgIpc) is 3.26. The van der Waals surface area contributed by atoms with E-state index in [1.54, 1.807) is 7.11 Å². The van der Waals surface area contributed by atoms with Gasteiger partial charge in [0.15, 0.2) is 5.82 Å². The van der Waals surface area contributed by atoms with E-state index in [9.17, 15) is 0 Å². The molecule has 2 heterocycles. The van der Waals surface area contributed by atoms with Crippen molar-refractivity contribution in [2.75, 3.05) is 7.11 Å². The summed E-state index contributed by atoms with van der Waals surface area (Å²) >= 11 is 1.53. The van der Waals surface area contributed by atoms with Gasteiger partial charge in [-0.25, -0.2) is 0 Å². The number of rotatable bonds is 6. The van der Waals surface area contributed by atoms with Gasteiger partial charge in [0.05, 0.1) is 7.11 Å². The summed E-state index contributed by atoms with van der Waals surface area (Å²) in [4.78, 5) is 0.822. The third-order valence-electron chi connectivity index (χ3n) is 4.09. The van der Waals surface area contributed by atoms with Gasteiger partial charge in [0.1, 0.15) is 10.8 Å². The summed E-state index contributed by atoms with van der Waals surface area (Å²) < 4.78 is 7.03. The Kier molecular flexibility index (Phi) is 7.99. The zero-order chi connectivity index (χ0) is 17.8. The molecule has 4 aromatic rings. The summed E-state index contributed by atoms with van der Waals surface area (Å²) in [5.41, 5.74) is 2.39. The van der Waals surface area contributed by atoms with Gasteiger partial charge in [-0.1, -0.05) is 59.9 Å². The van der Waals surface area contributed by atoms with Crippen molar-refractivity contribution in [1.29, 1.82) is 0 Å². The molecule has 0 amide bonds. The average molecular weight is 435 g/mol. The molecule has 2 aromatic carbocycles. The molecular weight excluding hydrogens is 415 g/mol. The largest absolute Gasteiger partial charge is 0.497 e. The second-order valence-electron chi connectivity index (χ2n) is 5.84. The van der Waals surface area contributed by atoms with Crippen LogP contribution in [0.25, 0.3) is 17.1 Å². The molecule has 2 aromatic heterocycles. The first kappa shape index (κ1) is 21.9. The molecule has 146 valence electrons. The van der Waals surface area contributed by atoms with Crippen LogP contribution >= 0.6 is 36.2 Å². The standard InChI is InChI=1S/C20H18N4OS.2ClH/c1-25-17-11-7-16(8-12-17)10-14-19-23-24-18(21-22-20(24)26-19)13-9-15-5-3-2-4-6-15;;/h2-8,10-12,14H,9,13H2,1H3;2*1H. The van der Waals surface area contributed by atoms with Crippen LogP contribution in [0.3, 0.4) is 0 Å². The topological polar surface area (TPSA) is 52.3 Å². The summed E-state index contributed by atoms with van der Waals surface area (Å²) in [7, 11) is 1.67. The first-order chi connectivity index (χ1) is 12.8. The van der Waals surface area contributed by atoms with Crippen LogP contribution in [0.15, 0.2) is 54.6 Å². The van der Waals surface area contributed by atoms with Crippen LogP contribution < -0.4 is 4.74 Å². The Morgan fingerprint density at radius 2 is 1.68 bits per heavy atom. The van der Waals surface area contributed by atoms with Gasteiger partial charge in [-0.05, 0) is 35.8 Å². The van der Waals surface area contributed by atoms with Crippen molar-refractivity contribution in [3.63, 3.8) is 0 Å². The van der Waals surface area contributed by atoms with Crippen LogP contribution in [0.2, 0.25) is 0 Å². The highest BCUT2D eigenvalue weighted by Crippen LogP contribution is 2.18. The number of halogens is 2. The van der Waals surface area contributed by atoms with E-state index in [4.69, 9.17) is 4.74 Å². The van der Waals surface area contributed by atoms with Crippen LogP contribution in [0.1, 0.15) is 22.0 Å². The van der Waals surface area contributed by atoms with E-state index in [2.05, 4.69) is 39.6 Å². The molecule has 0 spiro atoms. The molecule has 0 fully saturated rings. The Bertz CT molecular complexity index is 1030. The number of benzene rings is 2. The zero-order valence-electron chi connectivity index (χ0n) is 15.2. The summed E-state index contributed by atoms with van der Waals surface area (Å²) in [5.74, 6) is 1.74. The molecule has 0 saturated heterocycles. The number of fused-ring (bicyclic) bond motifs is 1. The normalized spacial score (nSPS) is 10.6. The Morgan fingerprint density at radius 3 is 2.39 bits per heavy atom. The maximum absolute atomic E-state index is 5.18. The lowest BCUT2D eigenvalue weighted by Gasteiger charge is -1.99. The molecule has 0 aliphatic heterocycles. The van der Waals surface area contributed by atoms with E-state index < -0.39 is 0 Å². The first-order valence-corrected chi connectivity index (χ1v) is 9.20. The van der Waals surface area contributed by atoms with Crippen LogP contribution in [-0.4, -0.2) is 26.9 Å². The minimum absolute atomic E-state index is 0. The fourth-order valence-electron chi connectivity index (χ4n) is 2.68. The predicted octanol–water partition coefficient (Wildman–Crippen LogP) is 4.99. The lowest BCUT2D eigenvalue weighted by atomic mass is 10.1. The van der Waals surface area contributed by atoms with Gasteiger partial charge in [0.2, 0.25) is 4.96 Å². The highest BCUT2D eigenvalue weighted by atomic mass is 35.5. The molecule has 0 bridgehead atoms. The zero-order valence-corrected chi connectivity index (χ0v) is 17.6. The number of aryl methyl sites for hydroxylation is 2. The molecule has 0 aliphatic carbocycles. The Morgan fingerprint density at radius 1 is 0.929 bits per heavy atom. The Hall–Kier alpha value is -2.41. The SMILES string of the molecule is COc1ccc(C=Cc2nn3c(CCc4ccccc4)nnc3s2)cc1.Cl.Cl. The molecular formula is C20H20Cl2N4OS. The lowest BCUT2D eigenvalue weighted by molar-refractivity contribution is 0.415. The van der Waals surface area contributed by atoms with Gasteiger partial charge >= 0.3 is 0 Å². The number of hydrogen-bond acceptors (Lipinski definition) is 5. The van der Waals surface area contributed by atoms with Gasteiger partial charge < -0.3 is 4.74 Å². The second kappa shape index (κ2) is 10.2. The van der Waals surface area contributed by atoms with E-state index >= 15 is 0 Å². The van der Waals surface area contributed by atoms with E-state index in [1.807, 2.05) is 47.0 Å². The van der Waals surface area contributed by atoms with Gasteiger partial charge in [0, 0.05) is 6.42 Å². The molecule has 0 N–H and O–H groups in total. The fourth-order valence-corrected chi connectivity index (χ4v) is 3.44. The summed E-state index contributed by atoms with van der Waals surface area (Å²) in [5, 5.41) is 14.1. The molecule has 0 radical (unpaired) electrons. The second-order valence-corrected chi connectivity index (χ2v) is 6.83.